The number of nitrogens with one attached hydrogen (secondary N) is 2. The molecular formula is C17H16N2O3S. The minimum Gasteiger partial charge on any atom is -0.467 e. The molecule has 1 unspecified atom stereocenters. The van der Waals surface area contributed by atoms with E-state index < -0.39 is 12.0 Å². The van der Waals surface area contributed by atoms with E-state index >= 15 is 0 Å². The predicted molar refractivity (Wildman–Crippen MR) is 89.6 cm³/mol. The highest BCUT2D eigenvalue weighted by Gasteiger charge is 2.23. The van der Waals surface area contributed by atoms with Crippen molar-refractivity contribution < 1.29 is 14.3 Å². The number of aromatic amines is 1. The molecule has 2 heterocycles. The van der Waals surface area contributed by atoms with E-state index in [0.29, 0.717) is 12.0 Å². The molecule has 2 aromatic heterocycles. The van der Waals surface area contributed by atoms with E-state index in [4.69, 9.17) is 4.74 Å². The Morgan fingerprint density at radius 1 is 1.30 bits per heavy atom. The number of methoxy groups -OCH3 is 1. The molecule has 0 aliphatic rings. The van der Waals surface area contributed by atoms with Crippen molar-refractivity contribution in [3.8, 4) is 0 Å². The number of carbonyl (C=O) groups is 2. The number of amides is 1. The van der Waals surface area contributed by atoms with Gasteiger partial charge in [0.25, 0.3) is 5.91 Å². The normalized spacial score (nSPS) is 12.0. The van der Waals surface area contributed by atoms with Crippen LogP contribution in [0.5, 0.6) is 0 Å². The first-order chi connectivity index (χ1) is 11.2. The number of fused-ring (bicyclic) bond motifs is 1. The summed E-state index contributed by atoms with van der Waals surface area (Å²) in [6, 6.07) is 8.83. The molecule has 23 heavy (non-hydrogen) atoms. The first kappa shape index (κ1) is 15.3. The van der Waals surface area contributed by atoms with E-state index in [9.17, 15) is 9.59 Å². The first-order valence-electron chi connectivity index (χ1n) is 7.15. The van der Waals surface area contributed by atoms with Crippen molar-refractivity contribution >= 4 is 34.1 Å². The van der Waals surface area contributed by atoms with Crippen LogP contribution in [-0.4, -0.2) is 30.0 Å². The standard InChI is InChI=1S/C17H16N2O3S/c1-22-17(21)15(19-16(20)11-6-7-23-10-11)8-12-9-18-14-5-3-2-4-13(12)14/h2-7,9-10,15,18H,8H2,1H3,(H,19,20). The Morgan fingerprint density at radius 2 is 2.13 bits per heavy atom. The number of ether oxygens (including phenoxy) is 1. The number of esters is 1. The molecule has 6 heteroatoms. The largest absolute Gasteiger partial charge is 0.467 e. The van der Waals surface area contributed by atoms with E-state index in [1.807, 2.05) is 35.8 Å². The molecule has 0 saturated carbocycles. The molecule has 5 nitrogen and oxygen atoms in total. The second kappa shape index (κ2) is 6.66. The zero-order valence-corrected chi connectivity index (χ0v) is 13.4. The molecular weight excluding hydrogens is 312 g/mol. The molecule has 0 bridgehead atoms. The second-order valence-electron chi connectivity index (χ2n) is 5.12. The zero-order valence-electron chi connectivity index (χ0n) is 12.5. The third-order valence-corrected chi connectivity index (χ3v) is 4.36. The van der Waals surface area contributed by atoms with Gasteiger partial charge >= 0.3 is 5.97 Å². The number of rotatable bonds is 5. The molecule has 0 aliphatic heterocycles. The van der Waals surface area contributed by atoms with Gasteiger partial charge in [-0.3, -0.25) is 4.79 Å². The Bertz CT molecular complexity index is 823. The third kappa shape index (κ3) is 3.27. The van der Waals surface area contributed by atoms with Crippen LogP contribution >= 0.6 is 11.3 Å². The Morgan fingerprint density at radius 3 is 2.87 bits per heavy atom. The van der Waals surface area contributed by atoms with Gasteiger partial charge in [0.05, 0.1) is 12.7 Å². The lowest BCUT2D eigenvalue weighted by atomic mass is 10.0. The van der Waals surface area contributed by atoms with Crippen LogP contribution in [0.25, 0.3) is 10.9 Å². The molecule has 1 amide bonds. The summed E-state index contributed by atoms with van der Waals surface area (Å²) in [6.07, 6.45) is 2.23. The molecule has 2 N–H and O–H groups in total. The lowest BCUT2D eigenvalue weighted by molar-refractivity contribution is -0.142. The van der Waals surface area contributed by atoms with Crippen molar-refractivity contribution in [2.24, 2.45) is 0 Å². The Kier molecular flexibility index (Phi) is 4.43. The van der Waals surface area contributed by atoms with E-state index in [1.54, 1.807) is 11.4 Å². The molecule has 118 valence electrons. The van der Waals surface area contributed by atoms with Gasteiger partial charge in [-0.05, 0) is 23.1 Å². The van der Waals surface area contributed by atoms with E-state index in [2.05, 4.69) is 10.3 Å². The minimum absolute atomic E-state index is 0.276. The van der Waals surface area contributed by atoms with Crippen LogP contribution in [0.3, 0.4) is 0 Å². The van der Waals surface area contributed by atoms with Crippen molar-refractivity contribution in [2.75, 3.05) is 7.11 Å². The quantitative estimate of drug-likeness (QED) is 0.708. The zero-order chi connectivity index (χ0) is 16.2. The highest BCUT2D eigenvalue weighted by Crippen LogP contribution is 2.19. The number of thiophene rings is 1. The van der Waals surface area contributed by atoms with Crippen LogP contribution < -0.4 is 5.32 Å². The van der Waals surface area contributed by atoms with Crippen molar-refractivity contribution in [1.29, 1.82) is 0 Å². The number of hydrogen-bond donors (Lipinski definition) is 2. The van der Waals surface area contributed by atoms with E-state index in [1.165, 1.54) is 18.4 Å². The Balaban J connectivity index is 1.82. The smallest absolute Gasteiger partial charge is 0.328 e. The van der Waals surface area contributed by atoms with Crippen molar-refractivity contribution in [2.45, 2.75) is 12.5 Å². The average molecular weight is 328 g/mol. The molecule has 0 spiro atoms. The number of benzene rings is 1. The van der Waals surface area contributed by atoms with Crippen LogP contribution in [0.15, 0.2) is 47.3 Å². The van der Waals surface area contributed by atoms with Crippen molar-refractivity contribution in [3.05, 3.63) is 58.4 Å². The minimum atomic E-state index is -0.730. The van der Waals surface area contributed by atoms with Gasteiger partial charge in [0.15, 0.2) is 0 Å². The molecule has 0 fully saturated rings. The van der Waals surface area contributed by atoms with Gasteiger partial charge in [-0.2, -0.15) is 11.3 Å². The lowest BCUT2D eigenvalue weighted by Gasteiger charge is -2.16. The van der Waals surface area contributed by atoms with E-state index in [-0.39, 0.29) is 5.91 Å². The molecule has 0 aliphatic carbocycles. The second-order valence-corrected chi connectivity index (χ2v) is 5.90. The Labute approximate surface area is 137 Å². The summed E-state index contributed by atoms with van der Waals surface area (Å²) in [5.41, 5.74) is 2.50. The number of carbonyl (C=O) groups excluding carboxylic acids is 2. The predicted octanol–water partition coefficient (Wildman–Crippen LogP) is 2.74. The monoisotopic (exact) mass is 328 g/mol. The molecule has 1 atom stereocenters. The van der Waals surface area contributed by atoms with Gasteiger partial charge < -0.3 is 15.0 Å². The number of hydrogen-bond acceptors (Lipinski definition) is 4. The van der Waals surface area contributed by atoms with Crippen molar-refractivity contribution in [3.63, 3.8) is 0 Å². The summed E-state index contributed by atoms with van der Waals surface area (Å²) >= 11 is 1.43. The third-order valence-electron chi connectivity index (χ3n) is 3.67. The fourth-order valence-electron chi connectivity index (χ4n) is 2.49. The van der Waals surface area contributed by atoms with Crippen LogP contribution in [0.4, 0.5) is 0 Å². The fraction of sp³-hybridized carbons (Fsp3) is 0.176. The van der Waals surface area contributed by atoms with Crippen LogP contribution in [0, 0.1) is 0 Å². The summed E-state index contributed by atoms with van der Waals surface area (Å²) in [4.78, 5) is 27.4. The molecule has 3 aromatic rings. The van der Waals surface area contributed by atoms with E-state index in [0.717, 1.165) is 16.5 Å². The van der Waals surface area contributed by atoms with Gasteiger partial charge in [-0.25, -0.2) is 4.79 Å². The van der Waals surface area contributed by atoms with Crippen LogP contribution in [0.2, 0.25) is 0 Å². The maximum Gasteiger partial charge on any atom is 0.328 e. The summed E-state index contributed by atoms with van der Waals surface area (Å²) < 4.78 is 4.83. The van der Waals surface area contributed by atoms with Gasteiger partial charge in [0.2, 0.25) is 0 Å². The molecule has 3 rings (SSSR count). The lowest BCUT2D eigenvalue weighted by Crippen LogP contribution is -2.42. The summed E-state index contributed by atoms with van der Waals surface area (Å²) in [7, 11) is 1.32. The van der Waals surface area contributed by atoms with Crippen LogP contribution in [-0.2, 0) is 16.0 Å². The number of para-hydroxylation sites is 1. The molecule has 0 saturated heterocycles. The van der Waals surface area contributed by atoms with Gasteiger partial charge in [0.1, 0.15) is 6.04 Å². The summed E-state index contributed by atoms with van der Waals surface area (Å²) in [5, 5.41) is 7.35. The van der Waals surface area contributed by atoms with Gasteiger partial charge in [-0.15, -0.1) is 0 Å². The average Bonchev–Trinajstić information content (AvgIpc) is 3.23. The Hall–Kier alpha value is -2.60. The van der Waals surface area contributed by atoms with Gasteiger partial charge in [-0.1, -0.05) is 18.2 Å². The molecule has 0 radical (unpaired) electrons. The maximum absolute atomic E-state index is 12.2. The first-order valence-corrected chi connectivity index (χ1v) is 8.09. The maximum atomic E-state index is 12.2. The SMILES string of the molecule is COC(=O)C(Cc1c[nH]c2ccccc12)NC(=O)c1ccsc1. The summed E-state index contributed by atoms with van der Waals surface area (Å²) in [5.74, 6) is -0.736. The fourth-order valence-corrected chi connectivity index (χ4v) is 3.13. The van der Waals surface area contributed by atoms with Crippen LogP contribution in [0.1, 0.15) is 15.9 Å². The van der Waals surface area contributed by atoms with Crippen molar-refractivity contribution in [1.82, 2.24) is 10.3 Å². The van der Waals surface area contributed by atoms with Gasteiger partial charge in [0, 0.05) is 28.9 Å². The summed E-state index contributed by atoms with van der Waals surface area (Å²) in [6.45, 7) is 0. The topological polar surface area (TPSA) is 71.2 Å². The number of H-pyrrole nitrogens is 1. The highest BCUT2D eigenvalue weighted by atomic mass is 32.1. The number of aromatic nitrogens is 1. The molecule has 1 aromatic carbocycles. The highest BCUT2D eigenvalue weighted by molar-refractivity contribution is 7.08.